The molecule has 0 radical (unpaired) electrons. The molecule has 0 aliphatic heterocycles. The number of benzene rings is 3. The molecule has 6 nitrogen and oxygen atoms in total. The number of nitrogens with one attached hydrogen (secondary N) is 1. The van der Waals surface area contributed by atoms with E-state index < -0.39 is 24.2 Å². The van der Waals surface area contributed by atoms with Crippen LogP contribution in [0.25, 0.3) is 11.1 Å². The molecule has 0 aliphatic carbocycles. The SMILES string of the molecule is CC(O)CNC(=O)c1ccccc1-c1ccccc1C(N)C(=O)OC(C)c1ccccc1. The predicted molar refractivity (Wildman–Crippen MR) is 124 cm³/mol. The summed E-state index contributed by atoms with van der Waals surface area (Å²) in [4.78, 5) is 25.6. The van der Waals surface area contributed by atoms with E-state index in [4.69, 9.17) is 10.5 Å². The van der Waals surface area contributed by atoms with Crippen molar-refractivity contribution in [2.45, 2.75) is 32.1 Å². The quantitative estimate of drug-likeness (QED) is 0.471. The highest BCUT2D eigenvalue weighted by Crippen LogP contribution is 2.31. The van der Waals surface area contributed by atoms with E-state index in [9.17, 15) is 14.7 Å². The average molecular weight is 433 g/mol. The molecule has 3 atom stereocenters. The van der Waals surface area contributed by atoms with Gasteiger partial charge in [0.2, 0.25) is 0 Å². The Morgan fingerprint density at radius 3 is 2.19 bits per heavy atom. The van der Waals surface area contributed by atoms with Crippen molar-refractivity contribution in [3.05, 3.63) is 95.6 Å². The van der Waals surface area contributed by atoms with Gasteiger partial charge >= 0.3 is 5.97 Å². The van der Waals surface area contributed by atoms with Crippen LogP contribution in [0.1, 0.15) is 47.5 Å². The molecule has 3 rings (SSSR count). The fourth-order valence-corrected chi connectivity index (χ4v) is 3.43. The van der Waals surface area contributed by atoms with E-state index >= 15 is 0 Å². The van der Waals surface area contributed by atoms with Gasteiger partial charge < -0.3 is 20.9 Å². The van der Waals surface area contributed by atoms with Crippen molar-refractivity contribution in [3.8, 4) is 11.1 Å². The van der Waals surface area contributed by atoms with Gasteiger partial charge in [-0.1, -0.05) is 72.8 Å². The fourth-order valence-electron chi connectivity index (χ4n) is 3.43. The normalized spacial score (nSPS) is 13.6. The van der Waals surface area contributed by atoms with Crippen LogP contribution in [0, 0.1) is 0 Å². The van der Waals surface area contributed by atoms with Gasteiger partial charge in [0.05, 0.1) is 6.10 Å². The second-order valence-corrected chi connectivity index (χ2v) is 7.66. The van der Waals surface area contributed by atoms with E-state index in [0.717, 1.165) is 5.56 Å². The Bertz CT molecular complexity index is 1070. The molecule has 0 saturated carbocycles. The molecule has 0 aromatic heterocycles. The van der Waals surface area contributed by atoms with E-state index in [2.05, 4.69) is 5.32 Å². The van der Waals surface area contributed by atoms with Crippen LogP contribution in [0.2, 0.25) is 0 Å². The Hall–Kier alpha value is -3.48. The van der Waals surface area contributed by atoms with Crippen LogP contribution >= 0.6 is 0 Å². The van der Waals surface area contributed by atoms with Gasteiger partial charge in [-0.05, 0) is 42.2 Å². The Balaban J connectivity index is 1.88. The summed E-state index contributed by atoms with van der Waals surface area (Å²) >= 11 is 0. The van der Waals surface area contributed by atoms with Crippen LogP contribution in [-0.2, 0) is 9.53 Å². The lowest BCUT2D eigenvalue weighted by Crippen LogP contribution is -2.31. The monoisotopic (exact) mass is 432 g/mol. The first-order valence-corrected chi connectivity index (χ1v) is 10.5. The third kappa shape index (κ3) is 5.60. The zero-order valence-corrected chi connectivity index (χ0v) is 18.2. The number of amides is 1. The molecule has 0 spiro atoms. The molecular formula is C26H28N2O4. The molecule has 0 aliphatic rings. The second kappa shape index (κ2) is 10.7. The van der Waals surface area contributed by atoms with Crippen molar-refractivity contribution in [3.63, 3.8) is 0 Å². The van der Waals surface area contributed by atoms with E-state index in [1.807, 2.05) is 48.5 Å². The number of hydrogen-bond acceptors (Lipinski definition) is 5. The molecule has 0 bridgehead atoms. The first-order chi connectivity index (χ1) is 15.4. The van der Waals surface area contributed by atoms with Crippen molar-refractivity contribution in [1.29, 1.82) is 0 Å². The molecule has 0 saturated heterocycles. The summed E-state index contributed by atoms with van der Waals surface area (Å²) in [5.41, 5.74) is 9.51. The Kier molecular flexibility index (Phi) is 7.76. The average Bonchev–Trinajstić information content (AvgIpc) is 2.82. The van der Waals surface area contributed by atoms with Crippen molar-refractivity contribution in [2.24, 2.45) is 5.73 Å². The van der Waals surface area contributed by atoms with Crippen LogP contribution in [0.4, 0.5) is 0 Å². The summed E-state index contributed by atoms with van der Waals surface area (Å²) < 4.78 is 5.62. The number of aliphatic hydroxyl groups is 1. The molecule has 0 heterocycles. The van der Waals surface area contributed by atoms with E-state index in [1.165, 1.54) is 0 Å². The molecule has 3 aromatic carbocycles. The minimum Gasteiger partial charge on any atom is -0.456 e. The number of rotatable bonds is 8. The maximum atomic E-state index is 12.9. The smallest absolute Gasteiger partial charge is 0.328 e. The van der Waals surface area contributed by atoms with E-state index in [0.29, 0.717) is 22.3 Å². The maximum absolute atomic E-state index is 12.9. The number of hydrogen-bond donors (Lipinski definition) is 3. The highest BCUT2D eigenvalue weighted by atomic mass is 16.5. The second-order valence-electron chi connectivity index (χ2n) is 7.66. The highest BCUT2D eigenvalue weighted by Gasteiger charge is 2.24. The summed E-state index contributed by atoms with van der Waals surface area (Å²) in [5.74, 6) is -0.866. The van der Waals surface area contributed by atoms with Crippen LogP contribution in [0.15, 0.2) is 78.9 Å². The van der Waals surface area contributed by atoms with Crippen LogP contribution in [-0.4, -0.2) is 29.6 Å². The minimum atomic E-state index is -1.02. The van der Waals surface area contributed by atoms with E-state index in [-0.39, 0.29) is 12.5 Å². The first kappa shape index (κ1) is 23.2. The first-order valence-electron chi connectivity index (χ1n) is 10.5. The predicted octanol–water partition coefficient (Wildman–Crippen LogP) is 3.77. The molecule has 6 heteroatoms. The highest BCUT2D eigenvalue weighted by molar-refractivity contribution is 6.01. The van der Waals surface area contributed by atoms with Gasteiger partial charge in [-0.3, -0.25) is 4.79 Å². The molecule has 4 N–H and O–H groups in total. The standard InChI is InChI=1S/C26H28N2O4/c1-17(29)16-28-25(30)23-15-9-7-13-21(23)20-12-6-8-14-22(20)24(27)26(31)32-18(2)19-10-4-3-5-11-19/h3-15,17-18,24,29H,16,27H2,1-2H3,(H,28,30). The van der Waals surface area contributed by atoms with Gasteiger partial charge in [0.1, 0.15) is 12.1 Å². The number of aliphatic hydroxyl groups excluding tert-OH is 1. The van der Waals surface area contributed by atoms with Crippen molar-refractivity contribution >= 4 is 11.9 Å². The van der Waals surface area contributed by atoms with Gasteiger partial charge in [-0.25, -0.2) is 4.79 Å². The van der Waals surface area contributed by atoms with Crippen molar-refractivity contribution < 1.29 is 19.4 Å². The van der Waals surface area contributed by atoms with Crippen molar-refractivity contribution in [2.75, 3.05) is 6.54 Å². The molecule has 0 fully saturated rings. The number of ether oxygens (including phenoxy) is 1. The number of nitrogens with two attached hydrogens (primary N) is 1. The van der Waals surface area contributed by atoms with Gasteiger partial charge in [0, 0.05) is 12.1 Å². The van der Waals surface area contributed by atoms with Gasteiger partial charge in [-0.15, -0.1) is 0 Å². The summed E-state index contributed by atoms with van der Waals surface area (Å²) in [6, 6.07) is 22.7. The zero-order chi connectivity index (χ0) is 23.1. The summed E-state index contributed by atoms with van der Waals surface area (Å²) in [5, 5.41) is 12.2. The maximum Gasteiger partial charge on any atom is 0.328 e. The summed E-state index contributed by atoms with van der Waals surface area (Å²) in [6.45, 7) is 3.54. The molecule has 32 heavy (non-hydrogen) atoms. The lowest BCUT2D eigenvalue weighted by Gasteiger charge is -2.20. The molecule has 166 valence electrons. The topological polar surface area (TPSA) is 102 Å². The third-order valence-electron chi connectivity index (χ3n) is 5.13. The van der Waals surface area contributed by atoms with Crippen LogP contribution in [0.3, 0.4) is 0 Å². The molecule has 1 amide bonds. The number of carbonyl (C=O) groups is 2. The van der Waals surface area contributed by atoms with Crippen molar-refractivity contribution in [1.82, 2.24) is 5.32 Å². The van der Waals surface area contributed by atoms with Gasteiger partial charge in [0.25, 0.3) is 5.91 Å². The lowest BCUT2D eigenvalue weighted by atomic mass is 9.92. The minimum absolute atomic E-state index is 0.137. The fraction of sp³-hybridized carbons (Fsp3) is 0.231. The van der Waals surface area contributed by atoms with Gasteiger partial charge in [-0.2, -0.15) is 0 Å². The number of esters is 1. The van der Waals surface area contributed by atoms with E-state index in [1.54, 1.807) is 44.2 Å². The Labute approximate surface area is 188 Å². The lowest BCUT2D eigenvalue weighted by molar-refractivity contribution is -0.150. The summed E-state index contributed by atoms with van der Waals surface area (Å²) in [7, 11) is 0. The zero-order valence-electron chi connectivity index (χ0n) is 18.2. The molecule has 3 aromatic rings. The third-order valence-corrected chi connectivity index (χ3v) is 5.13. The number of carbonyl (C=O) groups excluding carboxylic acids is 2. The van der Waals surface area contributed by atoms with Crippen LogP contribution < -0.4 is 11.1 Å². The van der Waals surface area contributed by atoms with Crippen LogP contribution in [0.5, 0.6) is 0 Å². The Morgan fingerprint density at radius 1 is 0.906 bits per heavy atom. The Morgan fingerprint density at radius 2 is 1.50 bits per heavy atom. The largest absolute Gasteiger partial charge is 0.456 e. The van der Waals surface area contributed by atoms with Gasteiger partial charge in [0.15, 0.2) is 0 Å². The summed E-state index contributed by atoms with van der Waals surface area (Å²) in [6.07, 6.45) is -1.10. The molecule has 3 unspecified atom stereocenters. The molecular weight excluding hydrogens is 404 g/mol.